The number of rotatable bonds is 4. The average Bonchev–Trinajstić information content (AvgIpc) is 2.86. The molecule has 0 N–H and O–H groups in total. The van der Waals surface area contributed by atoms with Gasteiger partial charge in [0, 0.05) is 24.7 Å². The second kappa shape index (κ2) is 6.84. The van der Waals surface area contributed by atoms with E-state index in [-0.39, 0.29) is 22.8 Å². The summed E-state index contributed by atoms with van der Waals surface area (Å²) in [6.07, 6.45) is 4.76. The van der Waals surface area contributed by atoms with Crippen molar-refractivity contribution in [1.82, 2.24) is 13.9 Å². The Morgan fingerprint density at radius 2 is 2.15 bits per heavy atom. The number of nitrogens with zero attached hydrogens (tertiary/aromatic N) is 3. The molecule has 3 heterocycles. The minimum Gasteiger partial charge on any atom is -0.469 e. The lowest BCUT2D eigenvalue weighted by molar-refractivity contribution is -0.139. The minimum absolute atomic E-state index is 0.0231. The van der Waals surface area contributed by atoms with Gasteiger partial charge >= 0.3 is 5.97 Å². The summed E-state index contributed by atoms with van der Waals surface area (Å²) < 4.78 is 31.7. The molecule has 0 bridgehead atoms. The summed E-state index contributed by atoms with van der Waals surface area (Å²) in [6, 6.07) is 1.29. The van der Waals surface area contributed by atoms with E-state index in [4.69, 9.17) is 27.9 Å². The van der Waals surface area contributed by atoms with Gasteiger partial charge in [-0.25, -0.2) is 13.4 Å². The number of aromatic nitrogens is 2. The van der Waals surface area contributed by atoms with Crippen LogP contribution in [0.2, 0.25) is 10.3 Å². The number of hydrogen-bond donors (Lipinski definition) is 0. The molecule has 2 aromatic heterocycles. The number of hydrogen-bond acceptors (Lipinski definition) is 5. The molecular weight excluding hydrogens is 401 g/mol. The van der Waals surface area contributed by atoms with Gasteiger partial charge in [-0.1, -0.05) is 29.3 Å². The predicted molar refractivity (Wildman–Crippen MR) is 101 cm³/mol. The fourth-order valence-corrected chi connectivity index (χ4v) is 4.26. The molecule has 0 aromatic carbocycles. The van der Waals surface area contributed by atoms with Gasteiger partial charge in [0.25, 0.3) is 0 Å². The number of carbonyl (C=O) groups excluding carboxylic acids is 1. The molecule has 0 fully saturated rings. The normalized spacial score (nSPS) is 16.9. The summed E-state index contributed by atoms with van der Waals surface area (Å²) in [5.74, 6) is -0.407. The lowest BCUT2D eigenvalue weighted by atomic mass is 10.1. The van der Waals surface area contributed by atoms with Crippen LogP contribution in [0.15, 0.2) is 12.1 Å². The Balaban J connectivity index is 2.20. The second-order valence-electron chi connectivity index (χ2n) is 6.06. The molecule has 140 valence electrons. The standard InChI is InChI=1S/C16H17Cl2N3O4S/c1-20(26(3,23)24)9-4-5-11-10(6-14(22)25-2)15-12(21(11)8-9)7-13(17)19-16(15)18/h4-5,7,9H,6,8H2,1-3H3. The predicted octanol–water partition coefficient (Wildman–Crippen LogP) is 2.35. The fourth-order valence-electron chi connectivity index (χ4n) is 3.10. The van der Waals surface area contributed by atoms with E-state index >= 15 is 0 Å². The van der Waals surface area contributed by atoms with E-state index in [1.54, 1.807) is 18.2 Å². The molecular formula is C16H17Cl2N3O4S. The number of ether oxygens (including phenoxy) is 1. The number of methoxy groups -OCH3 is 1. The molecule has 0 saturated heterocycles. The van der Waals surface area contributed by atoms with Crippen LogP contribution in [0.25, 0.3) is 17.0 Å². The highest BCUT2D eigenvalue weighted by molar-refractivity contribution is 7.88. The molecule has 7 nitrogen and oxygen atoms in total. The Morgan fingerprint density at radius 1 is 1.46 bits per heavy atom. The van der Waals surface area contributed by atoms with Crippen LogP contribution in [0.4, 0.5) is 0 Å². The zero-order chi connectivity index (χ0) is 19.2. The highest BCUT2D eigenvalue weighted by atomic mass is 35.5. The number of carbonyl (C=O) groups is 1. The summed E-state index contributed by atoms with van der Waals surface area (Å²) in [4.78, 5) is 15.9. The van der Waals surface area contributed by atoms with Crippen molar-refractivity contribution in [1.29, 1.82) is 0 Å². The molecule has 26 heavy (non-hydrogen) atoms. The van der Waals surface area contributed by atoms with Crippen LogP contribution in [-0.4, -0.2) is 54.7 Å². The van der Waals surface area contributed by atoms with Crippen LogP contribution in [0.1, 0.15) is 11.3 Å². The molecule has 0 spiro atoms. The molecule has 10 heteroatoms. The third-order valence-electron chi connectivity index (χ3n) is 4.50. The summed E-state index contributed by atoms with van der Waals surface area (Å²) in [6.45, 7) is 0.365. The molecule has 0 saturated carbocycles. The highest BCUT2D eigenvalue weighted by Crippen LogP contribution is 2.36. The molecule has 1 unspecified atom stereocenters. The Kier molecular flexibility index (Phi) is 5.04. The van der Waals surface area contributed by atoms with Crippen molar-refractivity contribution in [3.8, 4) is 0 Å². The Morgan fingerprint density at radius 3 is 2.77 bits per heavy atom. The molecule has 2 aromatic rings. The number of pyridine rings is 1. The van der Waals surface area contributed by atoms with Gasteiger partial charge in [-0.05, 0) is 17.7 Å². The number of esters is 1. The Hall–Kier alpha value is -1.61. The van der Waals surface area contributed by atoms with Gasteiger partial charge in [-0.3, -0.25) is 4.79 Å². The lowest BCUT2D eigenvalue weighted by Crippen LogP contribution is -2.39. The molecule has 0 radical (unpaired) electrons. The van der Waals surface area contributed by atoms with Gasteiger partial charge in [-0.2, -0.15) is 4.31 Å². The number of halogens is 2. The summed E-state index contributed by atoms with van der Waals surface area (Å²) in [5, 5.41) is 1.02. The Bertz CT molecular complexity index is 1030. The van der Waals surface area contributed by atoms with E-state index < -0.39 is 16.0 Å². The monoisotopic (exact) mass is 417 g/mol. The van der Waals surface area contributed by atoms with Crippen LogP contribution in [-0.2, 0) is 32.5 Å². The van der Waals surface area contributed by atoms with Crippen molar-refractivity contribution in [2.45, 2.75) is 19.0 Å². The van der Waals surface area contributed by atoms with Crippen molar-refractivity contribution >= 4 is 56.2 Å². The number of likely N-dealkylation sites (N-methyl/N-ethyl adjacent to an activating group) is 1. The van der Waals surface area contributed by atoms with Gasteiger partial charge < -0.3 is 9.30 Å². The summed E-state index contributed by atoms with van der Waals surface area (Å²) >= 11 is 12.3. The second-order valence-corrected chi connectivity index (χ2v) is 8.85. The summed E-state index contributed by atoms with van der Waals surface area (Å²) in [7, 11) is -0.519. The van der Waals surface area contributed by atoms with Gasteiger partial charge in [0.2, 0.25) is 10.0 Å². The van der Waals surface area contributed by atoms with Crippen LogP contribution < -0.4 is 0 Å². The quantitative estimate of drug-likeness (QED) is 0.563. The van der Waals surface area contributed by atoms with Crippen molar-refractivity contribution in [3.05, 3.63) is 33.7 Å². The molecule has 0 amide bonds. The van der Waals surface area contributed by atoms with Gasteiger partial charge in [-0.15, -0.1) is 0 Å². The lowest BCUT2D eigenvalue weighted by Gasteiger charge is -2.27. The smallest absolute Gasteiger partial charge is 0.310 e. The SMILES string of the molecule is COC(=O)Cc1c2n(c3cc(Cl)nc(Cl)c13)CC(N(C)S(C)(=O)=O)C=C2. The topological polar surface area (TPSA) is 81.5 Å². The molecule has 0 aliphatic carbocycles. The number of sulfonamides is 1. The van der Waals surface area contributed by atoms with Crippen LogP contribution in [0, 0.1) is 0 Å². The first kappa shape index (κ1) is 19.2. The van der Waals surface area contributed by atoms with Crippen molar-refractivity contribution in [2.75, 3.05) is 20.4 Å². The maximum atomic E-state index is 11.9. The van der Waals surface area contributed by atoms with Gasteiger partial charge in [0.1, 0.15) is 10.3 Å². The first-order valence-electron chi connectivity index (χ1n) is 7.68. The van der Waals surface area contributed by atoms with E-state index in [0.717, 1.165) is 11.9 Å². The Labute approximate surface area is 161 Å². The third kappa shape index (κ3) is 3.34. The maximum absolute atomic E-state index is 11.9. The largest absolute Gasteiger partial charge is 0.469 e. The first-order valence-corrected chi connectivity index (χ1v) is 10.3. The average molecular weight is 418 g/mol. The van der Waals surface area contributed by atoms with E-state index in [9.17, 15) is 13.2 Å². The zero-order valence-corrected chi connectivity index (χ0v) is 16.7. The fraction of sp³-hybridized carbons (Fsp3) is 0.375. The number of fused-ring (bicyclic) bond motifs is 3. The van der Waals surface area contributed by atoms with Crippen LogP contribution in [0.5, 0.6) is 0 Å². The third-order valence-corrected chi connectivity index (χ3v) is 6.28. The first-order chi connectivity index (χ1) is 12.1. The molecule has 1 atom stereocenters. The van der Waals surface area contributed by atoms with Gasteiger partial charge in [0.05, 0.1) is 31.3 Å². The van der Waals surface area contributed by atoms with Crippen molar-refractivity contribution < 1.29 is 17.9 Å². The van der Waals surface area contributed by atoms with Crippen molar-refractivity contribution in [3.63, 3.8) is 0 Å². The van der Waals surface area contributed by atoms with E-state index in [1.165, 1.54) is 18.5 Å². The molecule has 1 aliphatic rings. The van der Waals surface area contributed by atoms with E-state index in [1.807, 2.05) is 4.57 Å². The molecule has 1 aliphatic heterocycles. The summed E-state index contributed by atoms with van der Waals surface area (Å²) in [5.41, 5.74) is 2.13. The van der Waals surface area contributed by atoms with Crippen molar-refractivity contribution in [2.24, 2.45) is 0 Å². The molecule has 3 rings (SSSR count). The zero-order valence-electron chi connectivity index (χ0n) is 14.4. The van der Waals surface area contributed by atoms with E-state index in [0.29, 0.717) is 23.0 Å². The maximum Gasteiger partial charge on any atom is 0.310 e. The minimum atomic E-state index is -3.36. The van der Waals surface area contributed by atoms with E-state index in [2.05, 4.69) is 4.98 Å². The van der Waals surface area contributed by atoms with Crippen LogP contribution >= 0.6 is 23.2 Å². The van der Waals surface area contributed by atoms with Gasteiger partial charge in [0.15, 0.2) is 0 Å². The highest BCUT2D eigenvalue weighted by Gasteiger charge is 2.29. The van der Waals surface area contributed by atoms with Crippen LogP contribution in [0.3, 0.4) is 0 Å².